The summed E-state index contributed by atoms with van der Waals surface area (Å²) >= 11 is 0. The Labute approximate surface area is 240 Å². The summed E-state index contributed by atoms with van der Waals surface area (Å²) in [5.41, 5.74) is 8.80. The van der Waals surface area contributed by atoms with E-state index in [0.29, 0.717) is 46.1 Å². The topological polar surface area (TPSA) is 91.2 Å². The van der Waals surface area contributed by atoms with Crippen molar-refractivity contribution in [3.05, 3.63) is 100.0 Å². The van der Waals surface area contributed by atoms with Gasteiger partial charge in [-0.1, -0.05) is 18.2 Å². The SMILES string of the molecule is CN1CCN(Cc2ccc(-n3c(=O)ccc4cnc5ccc(-c6ccc(N)c(C=N)c6)cc5c43)cc2C(F)(F)F)CC1. The molecule has 0 saturated carbocycles. The Kier molecular flexibility index (Phi) is 7.04. The lowest BCUT2D eigenvalue weighted by atomic mass is 9.99. The Morgan fingerprint density at radius 1 is 0.952 bits per heavy atom. The molecule has 1 aliphatic rings. The molecule has 7 nitrogen and oxygen atoms in total. The number of halogens is 3. The van der Waals surface area contributed by atoms with Crippen LogP contribution in [0.1, 0.15) is 16.7 Å². The average Bonchev–Trinajstić information content (AvgIpc) is 2.98. The third-order valence-corrected chi connectivity index (χ3v) is 7.94. The first-order valence-electron chi connectivity index (χ1n) is 13.6. The summed E-state index contributed by atoms with van der Waals surface area (Å²) in [5, 5.41) is 8.88. The van der Waals surface area contributed by atoms with E-state index < -0.39 is 17.3 Å². The van der Waals surface area contributed by atoms with Gasteiger partial charge in [-0.25, -0.2) is 0 Å². The van der Waals surface area contributed by atoms with Crippen molar-refractivity contribution in [3.8, 4) is 16.8 Å². The van der Waals surface area contributed by atoms with Gasteiger partial charge in [0.25, 0.3) is 5.56 Å². The van der Waals surface area contributed by atoms with Crippen molar-refractivity contribution >= 4 is 33.7 Å². The highest BCUT2D eigenvalue weighted by Crippen LogP contribution is 2.36. The minimum atomic E-state index is -4.59. The fourth-order valence-corrected chi connectivity index (χ4v) is 5.58. The number of likely N-dealkylation sites (N-methyl/N-ethyl adjacent to an activating group) is 1. The first-order valence-corrected chi connectivity index (χ1v) is 13.6. The molecule has 6 rings (SSSR count). The Hall–Kier alpha value is -4.54. The van der Waals surface area contributed by atoms with Crippen molar-refractivity contribution in [3.63, 3.8) is 0 Å². The van der Waals surface area contributed by atoms with Crippen LogP contribution in [0, 0.1) is 5.41 Å². The van der Waals surface area contributed by atoms with Crippen LogP contribution in [0.3, 0.4) is 0 Å². The smallest absolute Gasteiger partial charge is 0.398 e. The van der Waals surface area contributed by atoms with Crippen molar-refractivity contribution < 1.29 is 13.2 Å². The van der Waals surface area contributed by atoms with Gasteiger partial charge in [0.15, 0.2) is 0 Å². The molecule has 10 heteroatoms. The molecule has 1 fully saturated rings. The number of fused-ring (bicyclic) bond motifs is 3. The number of hydrogen-bond acceptors (Lipinski definition) is 6. The number of benzene rings is 3. The van der Waals surface area contributed by atoms with Gasteiger partial charge in [0, 0.05) is 78.9 Å². The minimum absolute atomic E-state index is 0.136. The summed E-state index contributed by atoms with van der Waals surface area (Å²) in [6.45, 7) is 3.16. The normalized spacial score (nSPS) is 15.0. The van der Waals surface area contributed by atoms with Gasteiger partial charge in [0.1, 0.15) is 0 Å². The average molecular weight is 571 g/mol. The highest BCUT2D eigenvalue weighted by molar-refractivity contribution is 6.05. The van der Waals surface area contributed by atoms with Gasteiger partial charge in [-0.3, -0.25) is 19.2 Å². The third-order valence-electron chi connectivity index (χ3n) is 7.94. The molecule has 1 saturated heterocycles. The fourth-order valence-electron chi connectivity index (χ4n) is 5.58. The first-order chi connectivity index (χ1) is 20.1. The van der Waals surface area contributed by atoms with Gasteiger partial charge >= 0.3 is 6.18 Å². The zero-order valence-corrected chi connectivity index (χ0v) is 22.9. The van der Waals surface area contributed by atoms with Gasteiger partial charge < -0.3 is 16.0 Å². The van der Waals surface area contributed by atoms with Crippen LogP contribution in [-0.2, 0) is 12.7 Å². The molecule has 3 heterocycles. The number of piperazine rings is 1. The zero-order chi connectivity index (χ0) is 29.6. The van der Waals surface area contributed by atoms with Crippen LogP contribution in [0.2, 0.25) is 0 Å². The maximum absolute atomic E-state index is 14.4. The quantitative estimate of drug-likeness (QED) is 0.164. The van der Waals surface area contributed by atoms with E-state index in [1.165, 1.54) is 22.9 Å². The maximum atomic E-state index is 14.4. The number of nitrogen functional groups attached to an aromatic ring is 1. The van der Waals surface area contributed by atoms with E-state index >= 15 is 0 Å². The summed E-state index contributed by atoms with van der Waals surface area (Å²) in [7, 11) is 2.00. The molecular formula is C32H29F3N6O. The van der Waals surface area contributed by atoms with E-state index in [9.17, 15) is 18.0 Å². The second-order valence-electron chi connectivity index (χ2n) is 10.7. The van der Waals surface area contributed by atoms with Crippen LogP contribution >= 0.6 is 0 Å². The Balaban J connectivity index is 1.53. The van der Waals surface area contributed by atoms with Crippen molar-refractivity contribution in [2.75, 3.05) is 39.0 Å². The number of aromatic nitrogens is 2. The lowest BCUT2D eigenvalue weighted by Crippen LogP contribution is -2.44. The molecule has 0 radical (unpaired) electrons. The predicted octanol–water partition coefficient (Wildman–Crippen LogP) is 5.55. The lowest BCUT2D eigenvalue weighted by molar-refractivity contribution is -0.138. The summed E-state index contributed by atoms with van der Waals surface area (Å²) in [6.07, 6.45) is -1.79. The van der Waals surface area contributed by atoms with E-state index in [0.717, 1.165) is 30.3 Å². The molecule has 0 amide bonds. The second-order valence-corrected chi connectivity index (χ2v) is 10.7. The summed E-state index contributed by atoms with van der Waals surface area (Å²) in [5.74, 6) is 0. The van der Waals surface area contributed by atoms with Gasteiger partial charge in [0.05, 0.1) is 16.6 Å². The third kappa shape index (κ3) is 5.15. The largest absolute Gasteiger partial charge is 0.416 e. The van der Waals surface area contributed by atoms with E-state index in [4.69, 9.17) is 11.1 Å². The van der Waals surface area contributed by atoms with Crippen LogP contribution in [0.15, 0.2) is 77.7 Å². The summed E-state index contributed by atoms with van der Waals surface area (Å²) in [6, 6.07) is 18.1. The van der Waals surface area contributed by atoms with Crippen LogP contribution in [0.4, 0.5) is 18.9 Å². The van der Waals surface area contributed by atoms with E-state index in [2.05, 4.69) is 9.88 Å². The van der Waals surface area contributed by atoms with E-state index in [-0.39, 0.29) is 17.8 Å². The number of alkyl halides is 3. The molecule has 0 atom stereocenters. The molecular weight excluding hydrogens is 541 g/mol. The first kappa shape index (κ1) is 27.6. The van der Waals surface area contributed by atoms with Gasteiger partial charge in [-0.2, -0.15) is 13.2 Å². The number of nitrogens with one attached hydrogen (secondary N) is 1. The van der Waals surface area contributed by atoms with Crippen molar-refractivity contribution in [1.82, 2.24) is 19.4 Å². The van der Waals surface area contributed by atoms with Crippen molar-refractivity contribution in [1.29, 1.82) is 5.41 Å². The molecule has 0 unspecified atom stereocenters. The van der Waals surface area contributed by atoms with Gasteiger partial charge in [-0.15, -0.1) is 0 Å². The minimum Gasteiger partial charge on any atom is -0.398 e. The Morgan fingerprint density at radius 2 is 1.69 bits per heavy atom. The predicted molar refractivity (Wildman–Crippen MR) is 160 cm³/mol. The van der Waals surface area contributed by atoms with Crippen LogP contribution in [0.5, 0.6) is 0 Å². The van der Waals surface area contributed by atoms with Crippen LogP contribution in [-0.4, -0.2) is 58.8 Å². The molecule has 3 N–H and O–H groups in total. The summed E-state index contributed by atoms with van der Waals surface area (Å²) < 4.78 is 44.6. The lowest BCUT2D eigenvalue weighted by Gasteiger charge is -2.33. The molecule has 2 aromatic heterocycles. The number of nitrogens with two attached hydrogens (primary N) is 1. The van der Waals surface area contributed by atoms with Crippen molar-refractivity contribution in [2.24, 2.45) is 0 Å². The number of pyridine rings is 2. The standard InChI is InChI=1S/C32H29F3N6O/c1-39-10-12-40(13-11-39)19-23-2-6-25(16-27(23)32(33,34)35)41-30(42)9-5-22-18-38-29-8-4-21(15-26(29)31(22)41)20-3-7-28(37)24(14-20)17-36/h2-9,14-18,36H,10-13,19,37H2,1H3. The van der Waals surface area contributed by atoms with Gasteiger partial charge in [0.2, 0.25) is 0 Å². The second kappa shape index (κ2) is 10.7. The highest BCUT2D eigenvalue weighted by atomic mass is 19.4. The number of hydrogen-bond donors (Lipinski definition) is 2. The van der Waals surface area contributed by atoms with Gasteiger partial charge in [-0.05, 0) is 66.2 Å². The highest BCUT2D eigenvalue weighted by Gasteiger charge is 2.34. The molecule has 1 aliphatic heterocycles. The zero-order valence-electron chi connectivity index (χ0n) is 22.9. The summed E-state index contributed by atoms with van der Waals surface area (Å²) in [4.78, 5) is 22.1. The molecule has 0 spiro atoms. The Bertz CT molecular complexity index is 1890. The molecule has 42 heavy (non-hydrogen) atoms. The van der Waals surface area contributed by atoms with E-state index in [1.54, 1.807) is 30.5 Å². The number of rotatable bonds is 5. The molecule has 0 bridgehead atoms. The number of nitrogens with zero attached hydrogens (tertiary/aromatic N) is 4. The monoisotopic (exact) mass is 570 g/mol. The fraction of sp³-hybridized carbons (Fsp3) is 0.219. The van der Waals surface area contributed by atoms with Crippen LogP contribution in [0.25, 0.3) is 38.6 Å². The van der Waals surface area contributed by atoms with Crippen molar-refractivity contribution in [2.45, 2.75) is 12.7 Å². The van der Waals surface area contributed by atoms with Crippen LogP contribution < -0.4 is 11.3 Å². The maximum Gasteiger partial charge on any atom is 0.416 e. The molecule has 0 aliphatic carbocycles. The number of anilines is 1. The molecule has 214 valence electrons. The van der Waals surface area contributed by atoms with E-state index in [1.807, 2.05) is 36.2 Å². The molecule has 3 aromatic carbocycles. The Morgan fingerprint density at radius 3 is 2.43 bits per heavy atom. The molecule has 5 aromatic rings.